The van der Waals surface area contributed by atoms with Crippen molar-refractivity contribution in [2.45, 2.75) is 143 Å². The van der Waals surface area contributed by atoms with Gasteiger partial charge in [-0.1, -0.05) is 115 Å². The Labute approximate surface area is 226 Å². The average molecular weight is 531 g/mol. The topological polar surface area (TPSA) is 142 Å². The first-order valence-corrected chi connectivity index (χ1v) is 13.5. The van der Waals surface area contributed by atoms with Crippen LogP contribution in [-0.4, -0.2) is 83.5 Å². The SMILES string of the molecule is CC.CCC.CCC.CCC.CCC.CCC.CCO.CCO.CCO.CCO.CO.CO.CO. The third-order valence-electron chi connectivity index (χ3n) is 0. The van der Waals surface area contributed by atoms with E-state index in [1.165, 1.54) is 32.1 Å². The molecule has 7 nitrogen and oxygen atoms in total. The zero-order valence-electron chi connectivity index (χ0n) is 28.5. The van der Waals surface area contributed by atoms with Crippen molar-refractivity contribution in [1.29, 1.82) is 0 Å². The van der Waals surface area contributed by atoms with Crippen molar-refractivity contribution in [2.24, 2.45) is 0 Å². The van der Waals surface area contributed by atoms with Crippen molar-refractivity contribution in [1.82, 2.24) is 0 Å². The summed E-state index contributed by atoms with van der Waals surface area (Å²) in [4.78, 5) is 0. The zero-order chi connectivity index (χ0) is 32.4. The van der Waals surface area contributed by atoms with E-state index < -0.39 is 0 Å². The highest BCUT2D eigenvalue weighted by atomic mass is 16.3. The van der Waals surface area contributed by atoms with Gasteiger partial charge in [0, 0.05) is 47.8 Å². The maximum absolute atomic E-state index is 7.57. The summed E-state index contributed by atoms with van der Waals surface area (Å²) in [5.74, 6) is 0. The molecule has 7 N–H and O–H groups in total. The Morgan fingerprint density at radius 3 is 0.257 bits per heavy atom. The normalized spacial score (nSPS) is 5.31. The molecular formula is C28H82O7. The molecule has 0 heterocycles. The summed E-state index contributed by atoms with van der Waals surface area (Å²) in [6.07, 6.45) is 6.25. The fourth-order valence-electron chi connectivity index (χ4n) is 0. The van der Waals surface area contributed by atoms with Gasteiger partial charge in [0.25, 0.3) is 0 Å². The van der Waals surface area contributed by atoms with Gasteiger partial charge >= 0.3 is 0 Å². The van der Waals surface area contributed by atoms with Gasteiger partial charge in [0.05, 0.1) is 0 Å². The van der Waals surface area contributed by atoms with Crippen molar-refractivity contribution in [3.63, 3.8) is 0 Å². The molecule has 0 spiro atoms. The average Bonchev–Trinajstić information content (AvgIpc) is 2.84. The largest absolute Gasteiger partial charge is 0.400 e. The molecule has 7 heteroatoms. The lowest BCUT2D eigenvalue weighted by molar-refractivity contribution is 0.318. The predicted octanol–water partition coefficient (Wildman–Crippen LogP) is 6.93. The number of aliphatic hydroxyl groups is 7. The van der Waals surface area contributed by atoms with E-state index in [-0.39, 0.29) is 26.4 Å². The van der Waals surface area contributed by atoms with Gasteiger partial charge in [-0.05, 0) is 27.7 Å². The van der Waals surface area contributed by atoms with Crippen LogP contribution in [0.3, 0.4) is 0 Å². The molecule has 236 valence electrons. The van der Waals surface area contributed by atoms with Crippen LogP contribution in [0.15, 0.2) is 0 Å². The van der Waals surface area contributed by atoms with Gasteiger partial charge in [-0.3, -0.25) is 0 Å². The number of hydrogen-bond donors (Lipinski definition) is 7. The van der Waals surface area contributed by atoms with Crippen LogP contribution >= 0.6 is 0 Å². The number of rotatable bonds is 0. The van der Waals surface area contributed by atoms with Crippen LogP contribution in [-0.2, 0) is 0 Å². The number of aliphatic hydroxyl groups excluding tert-OH is 7. The maximum Gasteiger partial charge on any atom is 0.0402 e. The Morgan fingerprint density at radius 2 is 0.257 bits per heavy atom. The van der Waals surface area contributed by atoms with Crippen LogP contribution in [0.2, 0.25) is 0 Å². The van der Waals surface area contributed by atoms with Gasteiger partial charge in [-0.15, -0.1) is 0 Å². The van der Waals surface area contributed by atoms with E-state index >= 15 is 0 Å². The van der Waals surface area contributed by atoms with E-state index in [1.807, 2.05) is 13.8 Å². The molecule has 0 aliphatic rings. The summed E-state index contributed by atoms with van der Waals surface area (Å²) in [5.41, 5.74) is 0. The van der Waals surface area contributed by atoms with Gasteiger partial charge in [0.15, 0.2) is 0 Å². The Hall–Kier alpha value is -0.280. The third-order valence-corrected chi connectivity index (χ3v) is 0. The molecule has 0 rings (SSSR count). The molecule has 0 aromatic rings. The van der Waals surface area contributed by atoms with Crippen LogP contribution in [0.1, 0.15) is 143 Å². The minimum Gasteiger partial charge on any atom is -0.400 e. The van der Waals surface area contributed by atoms with E-state index in [4.69, 9.17) is 35.7 Å². The molecule has 0 bridgehead atoms. The molecule has 0 saturated heterocycles. The smallest absolute Gasteiger partial charge is 0.0402 e. The second kappa shape index (κ2) is 475. The first kappa shape index (κ1) is 83.7. The highest BCUT2D eigenvalue weighted by Crippen LogP contribution is 1.57. The molecular weight excluding hydrogens is 448 g/mol. The molecule has 35 heavy (non-hydrogen) atoms. The van der Waals surface area contributed by atoms with Crippen molar-refractivity contribution in [3.05, 3.63) is 0 Å². The van der Waals surface area contributed by atoms with Crippen LogP contribution in [0, 0.1) is 0 Å². The zero-order valence-corrected chi connectivity index (χ0v) is 28.5. The highest BCUT2D eigenvalue weighted by Gasteiger charge is 1.37. The first-order chi connectivity index (χ1) is 16.7. The van der Waals surface area contributed by atoms with Crippen molar-refractivity contribution in [2.75, 3.05) is 47.8 Å². The van der Waals surface area contributed by atoms with Crippen LogP contribution < -0.4 is 0 Å². The lowest BCUT2D eigenvalue weighted by Gasteiger charge is -1.52. The molecule has 0 unspecified atom stereocenters. The van der Waals surface area contributed by atoms with Gasteiger partial charge in [0.2, 0.25) is 0 Å². The lowest BCUT2D eigenvalue weighted by Crippen LogP contribution is -1.57. The Kier molecular flexibility index (Phi) is 1140. The molecule has 0 radical (unpaired) electrons. The Balaban J connectivity index is -0.0000000137. The second-order valence-electron chi connectivity index (χ2n) is 4.80. The quantitative estimate of drug-likeness (QED) is 0.180. The molecule has 0 aliphatic carbocycles. The summed E-state index contributed by atoms with van der Waals surface area (Å²) in [7, 11) is 3.00. The van der Waals surface area contributed by atoms with Crippen molar-refractivity contribution in [3.8, 4) is 0 Å². The molecule has 0 amide bonds. The van der Waals surface area contributed by atoms with Crippen LogP contribution in [0.25, 0.3) is 0 Å². The molecule has 0 aliphatic heterocycles. The Morgan fingerprint density at radius 1 is 0.257 bits per heavy atom. The van der Waals surface area contributed by atoms with E-state index in [0.717, 1.165) is 21.3 Å². The van der Waals surface area contributed by atoms with Crippen molar-refractivity contribution < 1.29 is 35.7 Å². The molecule has 0 aromatic heterocycles. The summed E-state index contributed by atoms with van der Waals surface area (Å²) in [6.45, 7) is 33.0. The molecule has 0 atom stereocenters. The van der Waals surface area contributed by atoms with E-state index in [0.29, 0.717) is 0 Å². The molecule has 0 aromatic carbocycles. The fourth-order valence-corrected chi connectivity index (χ4v) is 0. The van der Waals surface area contributed by atoms with Crippen LogP contribution in [0.5, 0.6) is 0 Å². The van der Waals surface area contributed by atoms with Gasteiger partial charge in [-0.2, -0.15) is 0 Å². The molecule has 0 saturated carbocycles. The van der Waals surface area contributed by atoms with E-state index in [9.17, 15) is 0 Å². The lowest BCUT2D eigenvalue weighted by atomic mass is 10.6. The summed E-state index contributed by atoms with van der Waals surface area (Å²) < 4.78 is 0. The van der Waals surface area contributed by atoms with Crippen molar-refractivity contribution >= 4 is 0 Å². The highest BCUT2D eigenvalue weighted by molar-refractivity contribution is 3.93. The maximum atomic E-state index is 7.57. The van der Waals surface area contributed by atoms with Gasteiger partial charge in [0.1, 0.15) is 0 Å². The summed E-state index contributed by atoms with van der Waals surface area (Å²) in [6, 6.07) is 0. The minimum atomic E-state index is 0.250. The number of hydrogen-bond acceptors (Lipinski definition) is 7. The van der Waals surface area contributed by atoms with E-state index in [1.54, 1.807) is 27.7 Å². The van der Waals surface area contributed by atoms with E-state index in [2.05, 4.69) is 69.2 Å². The molecule has 0 fully saturated rings. The summed E-state index contributed by atoms with van der Waals surface area (Å²) in [5, 5.41) is 51.3. The van der Waals surface area contributed by atoms with Gasteiger partial charge < -0.3 is 35.7 Å². The van der Waals surface area contributed by atoms with Crippen LogP contribution in [0.4, 0.5) is 0 Å². The van der Waals surface area contributed by atoms with Gasteiger partial charge in [-0.25, -0.2) is 0 Å². The fraction of sp³-hybridized carbons (Fsp3) is 1.00. The monoisotopic (exact) mass is 531 g/mol. The standard InChI is InChI=1S/5C3H8.4C2H6O.C2H6.3CH4O/c5*1-3-2;4*1-2-3;4*1-2/h5*3H2,1-2H3;4*3H,2H2,1H3;1-2H3;3*2H,1H3. The summed E-state index contributed by atoms with van der Waals surface area (Å²) >= 11 is 0. The predicted molar refractivity (Wildman–Crippen MR) is 167 cm³/mol. The third kappa shape index (κ3) is 433000. The second-order valence-corrected chi connectivity index (χ2v) is 4.80. The first-order valence-electron chi connectivity index (χ1n) is 13.5. The Bertz CT molecular complexity index is 53.8. The minimum absolute atomic E-state index is 0.250.